The minimum Gasteiger partial charge on any atom is -0.493 e. The number of halogens is 3. The molecule has 0 aliphatic rings. The summed E-state index contributed by atoms with van der Waals surface area (Å²) in [5.74, 6) is -0.606. The van der Waals surface area contributed by atoms with Crippen LogP contribution in [0.3, 0.4) is 0 Å². The minimum atomic E-state index is -3.02. The van der Waals surface area contributed by atoms with E-state index in [1.165, 1.54) is 25.3 Å². The number of nitrogens with one attached hydrogen (secondary N) is 1. The minimum absolute atomic E-state index is 0.0980. The van der Waals surface area contributed by atoms with Gasteiger partial charge in [0.05, 0.1) is 7.11 Å². The summed E-state index contributed by atoms with van der Waals surface area (Å²) in [6, 6.07) is 13.0. The maximum absolute atomic E-state index is 12.5. The van der Waals surface area contributed by atoms with Crippen LogP contribution in [0.2, 0.25) is 5.15 Å². The molecule has 5 nitrogen and oxygen atoms in total. The SMILES string of the molecule is COc1ccc(NC(=O)c2cc3ccccc3c(Cl)n2)cc1OC(F)F. The Bertz CT molecular complexity index is 966. The maximum Gasteiger partial charge on any atom is 0.387 e. The van der Waals surface area contributed by atoms with Crippen LogP contribution in [0.4, 0.5) is 14.5 Å². The Balaban J connectivity index is 1.88. The van der Waals surface area contributed by atoms with Crippen LogP contribution < -0.4 is 14.8 Å². The summed E-state index contributed by atoms with van der Waals surface area (Å²) in [6.07, 6.45) is 0. The molecule has 0 unspecified atom stereocenters. The maximum atomic E-state index is 12.5. The number of anilines is 1. The van der Waals surface area contributed by atoms with Crippen LogP contribution in [0.25, 0.3) is 10.8 Å². The first-order valence-electron chi connectivity index (χ1n) is 7.47. The number of carbonyl (C=O) groups is 1. The van der Waals surface area contributed by atoms with Gasteiger partial charge in [0.1, 0.15) is 10.8 Å². The van der Waals surface area contributed by atoms with Gasteiger partial charge in [0.25, 0.3) is 5.91 Å². The zero-order chi connectivity index (χ0) is 18.7. The van der Waals surface area contributed by atoms with E-state index in [4.69, 9.17) is 16.3 Å². The molecule has 0 radical (unpaired) electrons. The number of carbonyl (C=O) groups excluding carboxylic acids is 1. The molecule has 1 aromatic heterocycles. The van der Waals surface area contributed by atoms with Crippen molar-refractivity contribution < 1.29 is 23.0 Å². The largest absolute Gasteiger partial charge is 0.493 e. The first-order valence-corrected chi connectivity index (χ1v) is 7.85. The Hall–Kier alpha value is -2.93. The lowest BCUT2D eigenvalue weighted by Gasteiger charge is -2.12. The van der Waals surface area contributed by atoms with Gasteiger partial charge in [-0.05, 0) is 23.6 Å². The van der Waals surface area contributed by atoms with Crippen molar-refractivity contribution in [3.05, 3.63) is 59.4 Å². The Kier molecular flexibility index (Phi) is 5.18. The highest BCUT2D eigenvalue weighted by Gasteiger charge is 2.15. The standard InChI is InChI=1S/C18H13ClF2N2O3/c1-25-14-7-6-11(9-15(14)26-18(20)21)22-17(24)13-8-10-4-2-3-5-12(10)16(19)23-13/h2-9,18H,1H3,(H,22,24). The second-order valence-corrected chi connectivity index (χ2v) is 5.58. The number of aromatic nitrogens is 1. The van der Waals surface area contributed by atoms with Crippen molar-refractivity contribution in [1.29, 1.82) is 0 Å². The second-order valence-electron chi connectivity index (χ2n) is 5.22. The lowest BCUT2D eigenvalue weighted by Crippen LogP contribution is -2.14. The topological polar surface area (TPSA) is 60.5 Å². The van der Waals surface area contributed by atoms with Crippen LogP contribution in [-0.4, -0.2) is 24.6 Å². The summed E-state index contributed by atoms with van der Waals surface area (Å²) in [4.78, 5) is 16.5. The monoisotopic (exact) mass is 378 g/mol. The summed E-state index contributed by atoms with van der Waals surface area (Å²) in [6.45, 7) is -3.02. The number of methoxy groups -OCH3 is 1. The van der Waals surface area contributed by atoms with E-state index in [9.17, 15) is 13.6 Å². The number of hydrogen-bond acceptors (Lipinski definition) is 4. The Labute approximate surface area is 152 Å². The van der Waals surface area contributed by atoms with Crippen molar-refractivity contribution in [3.63, 3.8) is 0 Å². The summed E-state index contributed by atoms with van der Waals surface area (Å²) in [5.41, 5.74) is 0.346. The number of alkyl halides is 2. The van der Waals surface area contributed by atoms with Gasteiger partial charge in [0.2, 0.25) is 0 Å². The van der Waals surface area contributed by atoms with Gasteiger partial charge in [0.15, 0.2) is 11.5 Å². The number of ether oxygens (including phenoxy) is 2. The highest BCUT2D eigenvalue weighted by Crippen LogP contribution is 2.31. The predicted octanol–water partition coefficient (Wildman–Crippen LogP) is 4.75. The van der Waals surface area contributed by atoms with Gasteiger partial charge in [-0.15, -0.1) is 0 Å². The molecule has 2 aromatic carbocycles. The van der Waals surface area contributed by atoms with Crippen molar-refractivity contribution in [2.75, 3.05) is 12.4 Å². The van der Waals surface area contributed by atoms with Crippen LogP contribution in [0.1, 0.15) is 10.5 Å². The Morgan fingerprint density at radius 1 is 1.15 bits per heavy atom. The summed E-state index contributed by atoms with van der Waals surface area (Å²) in [5, 5.41) is 4.26. The van der Waals surface area contributed by atoms with Crippen molar-refractivity contribution in [2.45, 2.75) is 6.61 Å². The third kappa shape index (κ3) is 3.83. The van der Waals surface area contributed by atoms with E-state index in [1.807, 2.05) is 18.2 Å². The van der Waals surface area contributed by atoms with Crippen molar-refractivity contribution in [2.24, 2.45) is 0 Å². The van der Waals surface area contributed by atoms with Gasteiger partial charge < -0.3 is 14.8 Å². The third-order valence-corrected chi connectivity index (χ3v) is 3.85. The quantitative estimate of drug-likeness (QED) is 0.651. The average molecular weight is 379 g/mol. The molecular formula is C18H13ClF2N2O3. The van der Waals surface area contributed by atoms with Crippen molar-refractivity contribution >= 4 is 34.0 Å². The van der Waals surface area contributed by atoms with E-state index in [2.05, 4.69) is 15.0 Å². The van der Waals surface area contributed by atoms with Gasteiger partial charge in [-0.25, -0.2) is 4.98 Å². The fourth-order valence-corrected chi connectivity index (χ4v) is 2.67. The first kappa shape index (κ1) is 17.9. The highest BCUT2D eigenvalue weighted by atomic mass is 35.5. The normalized spacial score (nSPS) is 10.8. The van der Waals surface area contributed by atoms with Gasteiger partial charge in [-0.1, -0.05) is 35.9 Å². The van der Waals surface area contributed by atoms with Gasteiger partial charge in [0, 0.05) is 17.1 Å². The Morgan fingerprint density at radius 3 is 2.65 bits per heavy atom. The molecule has 0 bridgehead atoms. The Morgan fingerprint density at radius 2 is 1.92 bits per heavy atom. The molecule has 0 saturated carbocycles. The van der Waals surface area contributed by atoms with Crippen molar-refractivity contribution in [1.82, 2.24) is 4.98 Å². The van der Waals surface area contributed by atoms with Gasteiger partial charge >= 0.3 is 6.61 Å². The fraction of sp³-hybridized carbons (Fsp3) is 0.111. The molecule has 1 N–H and O–H groups in total. The van der Waals surface area contributed by atoms with Crippen LogP contribution in [-0.2, 0) is 0 Å². The van der Waals surface area contributed by atoms with E-state index < -0.39 is 12.5 Å². The molecule has 8 heteroatoms. The van der Waals surface area contributed by atoms with E-state index in [0.717, 1.165) is 10.8 Å². The number of amides is 1. The highest BCUT2D eigenvalue weighted by molar-refractivity contribution is 6.34. The average Bonchev–Trinajstić information content (AvgIpc) is 2.61. The number of fused-ring (bicyclic) bond motifs is 1. The summed E-state index contributed by atoms with van der Waals surface area (Å²) in [7, 11) is 1.33. The zero-order valence-corrected chi connectivity index (χ0v) is 14.3. The molecular weight excluding hydrogens is 366 g/mol. The predicted molar refractivity (Wildman–Crippen MR) is 94.3 cm³/mol. The van der Waals surface area contributed by atoms with Gasteiger partial charge in [-0.2, -0.15) is 8.78 Å². The summed E-state index contributed by atoms with van der Waals surface area (Å²) >= 11 is 6.12. The molecule has 26 heavy (non-hydrogen) atoms. The molecule has 3 aromatic rings. The molecule has 134 valence electrons. The van der Waals surface area contributed by atoms with E-state index in [1.54, 1.807) is 12.1 Å². The van der Waals surface area contributed by atoms with E-state index >= 15 is 0 Å². The summed E-state index contributed by atoms with van der Waals surface area (Å²) < 4.78 is 34.3. The van der Waals surface area contributed by atoms with Crippen LogP contribution >= 0.6 is 11.6 Å². The number of hydrogen-bond donors (Lipinski definition) is 1. The van der Waals surface area contributed by atoms with Crippen LogP contribution in [0.5, 0.6) is 11.5 Å². The van der Waals surface area contributed by atoms with Crippen molar-refractivity contribution in [3.8, 4) is 11.5 Å². The zero-order valence-electron chi connectivity index (χ0n) is 13.5. The lowest BCUT2D eigenvalue weighted by atomic mass is 10.1. The molecule has 3 rings (SSSR count). The lowest BCUT2D eigenvalue weighted by molar-refractivity contribution is -0.0511. The van der Waals surface area contributed by atoms with Crippen LogP contribution in [0.15, 0.2) is 48.5 Å². The molecule has 0 aliphatic carbocycles. The fourth-order valence-electron chi connectivity index (χ4n) is 2.41. The second kappa shape index (κ2) is 7.53. The molecule has 0 spiro atoms. The van der Waals surface area contributed by atoms with E-state index in [-0.39, 0.29) is 28.0 Å². The number of nitrogens with zero attached hydrogens (tertiary/aromatic N) is 1. The molecule has 0 fully saturated rings. The molecule has 0 aliphatic heterocycles. The third-order valence-electron chi connectivity index (χ3n) is 3.56. The smallest absolute Gasteiger partial charge is 0.387 e. The number of benzene rings is 2. The molecule has 1 heterocycles. The van der Waals surface area contributed by atoms with Gasteiger partial charge in [-0.3, -0.25) is 4.79 Å². The van der Waals surface area contributed by atoms with E-state index in [0.29, 0.717) is 0 Å². The molecule has 1 amide bonds. The first-order chi connectivity index (χ1) is 12.5. The van der Waals surface area contributed by atoms with Crippen LogP contribution in [0, 0.1) is 0 Å². The molecule has 0 atom stereocenters. The molecule has 0 saturated heterocycles. The number of pyridine rings is 1. The number of rotatable bonds is 5.